The van der Waals surface area contributed by atoms with Crippen molar-refractivity contribution < 1.29 is 49.7 Å². The summed E-state index contributed by atoms with van der Waals surface area (Å²) in [5, 5.41) is 21.1. The minimum atomic E-state index is -6.11. The normalized spacial score (nSPS) is 24.0. The molecule has 2 aromatic heterocycles. The molecular formula is C22H26F6N6O5S2. The Balaban J connectivity index is 1.69. The van der Waals surface area contributed by atoms with Gasteiger partial charge in [0.2, 0.25) is 10.3 Å². The zero-order chi connectivity index (χ0) is 30.2. The van der Waals surface area contributed by atoms with Crippen molar-refractivity contribution in [2.45, 2.75) is 40.4 Å². The van der Waals surface area contributed by atoms with Crippen molar-refractivity contribution in [2.75, 3.05) is 50.9 Å². The van der Waals surface area contributed by atoms with Gasteiger partial charge in [-0.05, 0) is 0 Å². The third-order valence-corrected chi connectivity index (χ3v) is 9.99. The van der Waals surface area contributed by atoms with Gasteiger partial charge in [-0.15, -0.1) is 17.9 Å². The number of sulfonamides is 1. The van der Waals surface area contributed by atoms with E-state index in [4.69, 9.17) is 4.74 Å². The summed E-state index contributed by atoms with van der Waals surface area (Å²) in [5.41, 5.74) is -6.82. The van der Waals surface area contributed by atoms with E-state index in [0.29, 0.717) is 0 Å². The van der Waals surface area contributed by atoms with Crippen molar-refractivity contribution >= 4 is 27.3 Å². The van der Waals surface area contributed by atoms with E-state index in [9.17, 15) is 45.0 Å². The molecule has 3 atom stereocenters. The van der Waals surface area contributed by atoms with Gasteiger partial charge >= 0.3 is 12.4 Å². The Morgan fingerprint density at radius 2 is 1.73 bits per heavy atom. The van der Waals surface area contributed by atoms with Crippen LogP contribution in [0.15, 0.2) is 41.0 Å². The van der Waals surface area contributed by atoms with Crippen molar-refractivity contribution in [1.82, 2.24) is 24.2 Å². The molecule has 2 aliphatic rings. The van der Waals surface area contributed by atoms with Crippen molar-refractivity contribution in [3.63, 3.8) is 0 Å². The van der Waals surface area contributed by atoms with Crippen LogP contribution in [0.1, 0.15) is 5.56 Å². The summed E-state index contributed by atoms with van der Waals surface area (Å²) < 4.78 is 113. The largest absolute Gasteiger partial charge is 0.430 e. The minimum Gasteiger partial charge on any atom is -0.395 e. The maximum atomic E-state index is 13.3. The Kier molecular flexibility index (Phi) is 8.99. The highest BCUT2D eigenvalue weighted by Gasteiger charge is 2.71. The fourth-order valence-electron chi connectivity index (χ4n) is 4.73. The first-order chi connectivity index (χ1) is 19.1. The van der Waals surface area contributed by atoms with Crippen molar-refractivity contribution in [3.8, 4) is 0 Å². The van der Waals surface area contributed by atoms with Crippen LogP contribution in [0, 0.1) is 0 Å². The topological polar surface area (TPSA) is 132 Å². The van der Waals surface area contributed by atoms with E-state index in [0.717, 1.165) is 11.3 Å². The number of rotatable bonds is 8. The molecule has 0 amide bonds. The Labute approximate surface area is 234 Å². The summed E-state index contributed by atoms with van der Waals surface area (Å²) in [4.78, 5) is 14.6. The zero-order valence-corrected chi connectivity index (χ0v) is 22.8. The van der Waals surface area contributed by atoms with Gasteiger partial charge in [0.05, 0.1) is 37.9 Å². The van der Waals surface area contributed by atoms with E-state index in [2.05, 4.69) is 21.5 Å². The van der Waals surface area contributed by atoms with Crippen LogP contribution in [0.5, 0.6) is 0 Å². The van der Waals surface area contributed by atoms with Gasteiger partial charge in [-0.2, -0.15) is 30.6 Å². The minimum absolute atomic E-state index is 0.0787. The van der Waals surface area contributed by atoms with Crippen LogP contribution in [-0.4, -0.2) is 119 Å². The number of ether oxygens (including phenoxy) is 1. The highest BCUT2D eigenvalue weighted by atomic mass is 32.2. The molecular weight excluding hydrogens is 606 g/mol. The number of aromatic nitrogens is 3. The molecule has 4 heterocycles. The van der Waals surface area contributed by atoms with Crippen LogP contribution >= 0.6 is 11.3 Å². The molecule has 0 radical (unpaired) electrons. The lowest BCUT2D eigenvalue weighted by molar-refractivity contribution is -0.376. The van der Waals surface area contributed by atoms with E-state index in [1.54, 1.807) is 6.08 Å². The van der Waals surface area contributed by atoms with Crippen molar-refractivity contribution in [3.05, 3.63) is 42.2 Å². The first-order valence-corrected chi connectivity index (χ1v) is 14.4. The quantitative estimate of drug-likeness (QED) is 0.325. The average molecular weight is 633 g/mol. The van der Waals surface area contributed by atoms with Crippen LogP contribution in [0.25, 0.3) is 0 Å². The number of morpholine rings is 1. The number of halogens is 6. The SMILES string of the molecule is C=CC1COCC(CO)N1CC1CN(S(=O)(=O)c2nccs2)CCN1c1ncc(C(O)(C(F)(F)F)C(F)(F)F)cn1. The molecule has 19 heteroatoms. The lowest BCUT2D eigenvalue weighted by Crippen LogP contribution is -2.63. The maximum Gasteiger partial charge on any atom is 0.430 e. The Hall–Kier alpha value is -2.42. The molecule has 0 aromatic carbocycles. The molecule has 2 aromatic rings. The lowest BCUT2D eigenvalue weighted by Gasteiger charge is -2.46. The molecule has 0 spiro atoms. The van der Waals surface area contributed by atoms with E-state index < -0.39 is 45.6 Å². The number of hydrogen-bond acceptors (Lipinski definition) is 11. The van der Waals surface area contributed by atoms with Gasteiger partial charge in [0, 0.05) is 55.7 Å². The Morgan fingerprint density at radius 3 is 2.27 bits per heavy atom. The molecule has 2 saturated heterocycles. The summed E-state index contributed by atoms with van der Waals surface area (Å²) in [6.45, 7) is 3.57. The second-order valence-electron chi connectivity index (χ2n) is 9.36. The number of nitrogens with zero attached hydrogens (tertiary/aromatic N) is 6. The maximum absolute atomic E-state index is 13.3. The number of aliphatic hydroxyl groups excluding tert-OH is 1. The van der Waals surface area contributed by atoms with Gasteiger partial charge in [-0.3, -0.25) is 4.90 Å². The van der Waals surface area contributed by atoms with E-state index in [1.165, 1.54) is 20.8 Å². The number of hydrogen-bond donors (Lipinski definition) is 2. The van der Waals surface area contributed by atoms with E-state index in [1.807, 2.05) is 4.90 Å². The summed E-state index contributed by atoms with van der Waals surface area (Å²) in [6.07, 6.45) is -8.81. The van der Waals surface area contributed by atoms with Gasteiger partial charge in [0.15, 0.2) is 0 Å². The molecule has 2 fully saturated rings. The second-order valence-corrected chi connectivity index (χ2v) is 12.4. The van der Waals surface area contributed by atoms with Crippen LogP contribution in [-0.2, 0) is 20.4 Å². The highest BCUT2D eigenvalue weighted by Crippen LogP contribution is 2.49. The molecule has 4 rings (SSSR count). The first-order valence-electron chi connectivity index (χ1n) is 12.1. The molecule has 2 aliphatic heterocycles. The molecule has 41 heavy (non-hydrogen) atoms. The zero-order valence-electron chi connectivity index (χ0n) is 21.2. The predicted octanol–water partition coefficient (Wildman–Crippen LogP) is 1.37. The number of thiazole rings is 1. The fraction of sp³-hybridized carbons (Fsp3) is 0.591. The lowest BCUT2D eigenvalue weighted by atomic mass is 9.95. The number of alkyl halides is 6. The van der Waals surface area contributed by atoms with Crippen LogP contribution in [0.3, 0.4) is 0 Å². The van der Waals surface area contributed by atoms with Gasteiger partial charge in [-0.1, -0.05) is 6.08 Å². The third kappa shape index (κ3) is 5.93. The molecule has 0 saturated carbocycles. The number of aliphatic hydroxyl groups is 2. The molecule has 3 unspecified atom stereocenters. The van der Waals surface area contributed by atoms with Gasteiger partial charge in [0.25, 0.3) is 15.6 Å². The van der Waals surface area contributed by atoms with Crippen LogP contribution < -0.4 is 4.90 Å². The average Bonchev–Trinajstić information content (AvgIpc) is 3.48. The Morgan fingerprint density at radius 1 is 1.07 bits per heavy atom. The number of anilines is 1. The van der Waals surface area contributed by atoms with Gasteiger partial charge < -0.3 is 19.8 Å². The van der Waals surface area contributed by atoms with Crippen LogP contribution in [0.4, 0.5) is 32.3 Å². The predicted molar refractivity (Wildman–Crippen MR) is 132 cm³/mol. The standard InChI is InChI=1S/C22H26F6N6O5S2/c1-2-15-12-39-13-17(11-35)34(15)10-16-9-32(41(37,38)19-29-3-6-40-19)4-5-33(16)18-30-7-14(8-31-18)20(36,21(23,24)25)22(26,27)28/h2-3,6-8,15-17,35-36H,1,4-5,9-13H2. The number of piperazine rings is 1. The molecule has 228 valence electrons. The van der Waals surface area contributed by atoms with E-state index in [-0.39, 0.29) is 74.7 Å². The summed E-state index contributed by atoms with van der Waals surface area (Å²) >= 11 is 0.914. The smallest absolute Gasteiger partial charge is 0.395 e. The molecule has 2 N–H and O–H groups in total. The van der Waals surface area contributed by atoms with Crippen molar-refractivity contribution in [1.29, 1.82) is 0 Å². The van der Waals surface area contributed by atoms with Gasteiger partial charge in [-0.25, -0.2) is 23.4 Å². The monoisotopic (exact) mass is 632 g/mol. The fourth-order valence-corrected chi connectivity index (χ4v) is 7.17. The third-order valence-electron chi connectivity index (χ3n) is 6.95. The summed E-state index contributed by atoms with van der Waals surface area (Å²) in [5.74, 6) is -0.277. The first kappa shape index (κ1) is 31.5. The molecule has 11 nitrogen and oxygen atoms in total. The second kappa shape index (κ2) is 11.7. The molecule has 0 aliphatic carbocycles. The summed E-state index contributed by atoms with van der Waals surface area (Å²) in [7, 11) is -4.02. The molecule has 0 bridgehead atoms. The van der Waals surface area contributed by atoms with Gasteiger partial charge in [0.1, 0.15) is 0 Å². The summed E-state index contributed by atoms with van der Waals surface area (Å²) in [6, 6.07) is -1.66. The van der Waals surface area contributed by atoms with Crippen molar-refractivity contribution in [2.24, 2.45) is 0 Å². The highest BCUT2D eigenvalue weighted by molar-refractivity contribution is 7.91. The van der Waals surface area contributed by atoms with E-state index >= 15 is 0 Å². The van der Waals surface area contributed by atoms with Crippen LogP contribution in [0.2, 0.25) is 0 Å². The Bertz CT molecular complexity index is 1280.